The van der Waals surface area contributed by atoms with Crippen LogP contribution in [0.4, 0.5) is 5.82 Å². The molecule has 4 N–H and O–H groups in total. The zero-order valence-electron chi connectivity index (χ0n) is 19.5. The van der Waals surface area contributed by atoms with Crippen LogP contribution in [0.3, 0.4) is 0 Å². The van der Waals surface area contributed by atoms with Crippen molar-refractivity contribution < 1.29 is 4.79 Å². The van der Waals surface area contributed by atoms with Gasteiger partial charge in [0.15, 0.2) is 0 Å². The molecule has 8 nitrogen and oxygen atoms in total. The molecule has 0 atom stereocenters. The van der Waals surface area contributed by atoms with Crippen LogP contribution in [0.2, 0.25) is 0 Å². The van der Waals surface area contributed by atoms with Gasteiger partial charge in [-0.05, 0) is 42.3 Å². The highest BCUT2D eigenvalue weighted by Gasteiger charge is 2.06. The number of imidazole rings is 1. The molecule has 1 aromatic carbocycles. The first-order valence-corrected chi connectivity index (χ1v) is 11.3. The number of pyridine rings is 2. The zero-order chi connectivity index (χ0) is 24.6. The molecule has 0 saturated carbocycles. The van der Waals surface area contributed by atoms with Crippen molar-refractivity contribution in [2.75, 3.05) is 39.0 Å². The molecule has 0 radical (unpaired) electrons. The average Bonchev–Trinajstić information content (AvgIpc) is 3.30. The normalized spacial score (nSPS) is 13.3. The summed E-state index contributed by atoms with van der Waals surface area (Å²) in [7, 11) is 2.15. The minimum Gasteiger partial charge on any atom is -0.383 e. The van der Waals surface area contributed by atoms with Gasteiger partial charge in [-0.1, -0.05) is 30.2 Å². The molecule has 0 bridgehead atoms. The van der Waals surface area contributed by atoms with Gasteiger partial charge in [-0.25, -0.2) is 9.97 Å². The van der Waals surface area contributed by atoms with Crippen molar-refractivity contribution in [3.8, 4) is 23.0 Å². The Morgan fingerprint density at radius 1 is 1.03 bits per heavy atom. The molecule has 0 aliphatic carbocycles. The van der Waals surface area contributed by atoms with Crippen LogP contribution in [0.25, 0.3) is 16.8 Å². The second-order valence-corrected chi connectivity index (χ2v) is 8.13. The van der Waals surface area contributed by atoms with E-state index in [1.165, 1.54) is 13.1 Å². The van der Waals surface area contributed by atoms with Gasteiger partial charge in [0, 0.05) is 61.5 Å². The molecular formula is C27H27N7O. The van der Waals surface area contributed by atoms with E-state index in [9.17, 15) is 4.79 Å². The van der Waals surface area contributed by atoms with Crippen LogP contribution in [0, 0.1) is 17.3 Å². The number of hydrogen-bond acceptors (Lipinski definition) is 7. The van der Waals surface area contributed by atoms with Gasteiger partial charge in [0.05, 0.1) is 6.20 Å². The van der Waals surface area contributed by atoms with E-state index < -0.39 is 0 Å². The molecule has 1 aliphatic rings. The Balaban J connectivity index is 0.000000356. The molecular weight excluding hydrogens is 438 g/mol. The third kappa shape index (κ3) is 5.79. The second-order valence-electron chi connectivity index (χ2n) is 8.13. The van der Waals surface area contributed by atoms with E-state index in [0.29, 0.717) is 22.4 Å². The molecule has 0 unspecified atom stereocenters. The molecule has 0 spiro atoms. The van der Waals surface area contributed by atoms with E-state index in [1.54, 1.807) is 30.6 Å². The quantitative estimate of drug-likeness (QED) is 0.244. The minimum absolute atomic E-state index is 0.279. The van der Waals surface area contributed by atoms with Crippen molar-refractivity contribution in [3.05, 3.63) is 83.4 Å². The fourth-order valence-corrected chi connectivity index (χ4v) is 3.66. The topological polar surface area (TPSA) is 112 Å². The van der Waals surface area contributed by atoms with Crippen molar-refractivity contribution in [1.82, 2.24) is 24.6 Å². The highest BCUT2D eigenvalue weighted by Crippen LogP contribution is 2.21. The van der Waals surface area contributed by atoms with Crippen molar-refractivity contribution in [3.63, 3.8) is 0 Å². The average molecular weight is 466 g/mol. The second kappa shape index (κ2) is 11.2. The number of anilines is 1. The Morgan fingerprint density at radius 3 is 2.43 bits per heavy atom. The fourth-order valence-electron chi connectivity index (χ4n) is 3.66. The van der Waals surface area contributed by atoms with E-state index in [0.717, 1.165) is 42.4 Å². The van der Waals surface area contributed by atoms with Crippen LogP contribution in [-0.4, -0.2) is 65.0 Å². The van der Waals surface area contributed by atoms with Gasteiger partial charge in [-0.3, -0.25) is 9.20 Å². The smallest absolute Gasteiger partial charge is 0.150 e. The van der Waals surface area contributed by atoms with Gasteiger partial charge < -0.3 is 21.4 Å². The Bertz CT molecular complexity index is 1390. The Morgan fingerprint density at radius 2 is 1.77 bits per heavy atom. The number of aromatic nitrogens is 3. The summed E-state index contributed by atoms with van der Waals surface area (Å²) in [6, 6.07) is 13.0. The summed E-state index contributed by atoms with van der Waals surface area (Å²) >= 11 is 0. The number of carbonyl (C=O) groups is 1. The third-order valence-corrected chi connectivity index (χ3v) is 5.72. The monoisotopic (exact) mass is 465 g/mol. The van der Waals surface area contributed by atoms with E-state index >= 15 is 0 Å². The first-order valence-electron chi connectivity index (χ1n) is 11.3. The van der Waals surface area contributed by atoms with E-state index in [-0.39, 0.29) is 5.82 Å². The number of nitrogens with two attached hydrogens (primary N) is 1. The standard InChI is InChI=1S/C22H15N5O.C5H12N2/c23-11-20-17(9-10-25-22(20)24)5-7-19-12-26-21-8-6-18(13-27(19)21)16-3-1-15(14-28)2-4-16;1-7-4-2-6-3-5-7/h1-4,6,8-14,23H,(H2,24,25);6H,2-5H2,1H3. The SMILES string of the molecule is CN1CCNCC1.N=Cc1c(C#Cc2cnc3ccc(-c4ccc(C=O)cc4)cn23)ccnc1N. The first kappa shape index (κ1) is 23.8. The Labute approximate surface area is 204 Å². The number of aldehydes is 1. The molecule has 5 rings (SSSR count). The molecule has 176 valence electrons. The maximum atomic E-state index is 10.8. The van der Waals surface area contributed by atoms with Crippen LogP contribution >= 0.6 is 0 Å². The van der Waals surface area contributed by atoms with Gasteiger partial charge in [0.2, 0.25) is 0 Å². The lowest BCUT2D eigenvalue weighted by Gasteiger charge is -2.21. The molecule has 4 heterocycles. The maximum Gasteiger partial charge on any atom is 0.150 e. The van der Waals surface area contributed by atoms with Gasteiger partial charge in [-0.15, -0.1) is 0 Å². The Kier molecular flexibility index (Phi) is 7.63. The summed E-state index contributed by atoms with van der Waals surface area (Å²) in [4.78, 5) is 21.5. The molecule has 1 saturated heterocycles. The van der Waals surface area contributed by atoms with Gasteiger partial charge in [0.1, 0.15) is 23.4 Å². The van der Waals surface area contributed by atoms with Crippen LogP contribution in [0.1, 0.15) is 27.2 Å². The number of piperazine rings is 1. The summed E-state index contributed by atoms with van der Waals surface area (Å²) in [6.45, 7) is 4.74. The lowest BCUT2D eigenvalue weighted by molar-refractivity contribution is 0.112. The van der Waals surface area contributed by atoms with Crippen LogP contribution < -0.4 is 11.1 Å². The summed E-state index contributed by atoms with van der Waals surface area (Å²) in [5.41, 5.74) is 11.1. The van der Waals surface area contributed by atoms with Crippen LogP contribution in [0.5, 0.6) is 0 Å². The lowest BCUT2D eigenvalue weighted by atomic mass is 10.1. The van der Waals surface area contributed by atoms with Crippen molar-refractivity contribution in [2.24, 2.45) is 0 Å². The molecule has 0 amide bonds. The highest BCUT2D eigenvalue weighted by atomic mass is 16.1. The lowest BCUT2D eigenvalue weighted by Crippen LogP contribution is -2.40. The van der Waals surface area contributed by atoms with Crippen molar-refractivity contribution in [2.45, 2.75) is 0 Å². The number of fused-ring (bicyclic) bond motifs is 1. The first-order chi connectivity index (χ1) is 17.1. The molecule has 3 aromatic heterocycles. The van der Waals surface area contributed by atoms with Crippen molar-refractivity contribution in [1.29, 1.82) is 5.41 Å². The predicted molar refractivity (Wildman–Crippen MR) is 139 cm³/mol. The number of nitrogens with zero attached hydrogens (tertiary/aromatic N) is 4. The summed E-state index contributed by atoms with van der Waals surface area (Å²) in [5.74, 6) is 6.43. The van der Waals surface area contributed by atoms with Gasteiger partial charge >= 0.3 is 0 Å². The van der Waals surface area contributed by atoms with E-state index in [1.807, 2.05) is 34.9 Å². The Hall–Kier alpha value is -4.32. The molecule has 1 fully saturated rings. The number of nitrogen functional groups attached to an aromatic ring is 1. The van der Waals surface area contributed by atoms with Crippen LogP contribution in [0.15, 0.2) is 61.1 Å². The highest BCUT2D eigenvalue weighted by molar-refractivity contribution is 5.87. The largest absolute Gasteiger partial charge is 0.383 e. The van der Waals surface area contributed by atoms with Gasteiger partial charge in [-0.2, -0.15) is 0 Å². The van der Waals surface area contributed by atoms with Crippen LogP contribution in [-0.2, 0) is 0 Å². The molecule has 1 aliphatic heterocycles. The van der Waals surface area contributed by atoms with Gasteiger partial charge in [0.25, 0.3) is 0 Å². The molecule has 4 aromatic rings. The third-order valence-electron chi connectivity index (χ3n) is 5.72. The number of rotatable bonds is 3. The predicted octanol–water partition coefficient (Wildman–Crippen LogP) is 2.71. The maximum absolute atomic E-state index is 10.8. The summed E-state index contributed by atoms with van der Waals surface area (Å²) < 4.78 is 1.91. The number of hydrogen-bond donors (Lipinski definition) is 3. The summed E-state index contributed by atoms with van der Waals surface area (Å²) in [5, 5.41) is 10.8. The number of nitrogens with one attached hydrogen (secondary N) is 2. The number of benzene rings is 1. The molecule has 35 heavy (non-hydrogen) atoms. The fraction of sp³-hybridized carbons (Fsp3) is 0.185. The van der Waals surface area contributed by atoms with E-state index in [4.69, 9.17) is 11.1 Å². The number of carbonyl (C=O) groups excluding carboxylic acids is 1. The van der Waals surface area contributed by atoms with Crippen molar-refractivity contribution >= 4 is 24.0 Å². The summed E-state index contributed by atoms with van der Waals surface area (Å²) in [6.07, 6.45) is 7.21. The molecule has 8 heteroatoms. The minimum atomic E-state index is 0.279. The number of likely N-dealkylation sites (N-methyl/N-ethyl adjacent to an activating group) is 1. The zero-order valence-corrected chi connectivity index (χ0v) is 19.5. The van der Waals surface area contributed by atoms with E-state index in [2.05, 4.69) is 39.1 Å².